The first-order valence-corrected chi connectivity index (χ1v) is 6.59. The van der Waals surface area contributed by atoms with E-state index in [1.807, 2.05) is 6.92 Å². The molecule has 0 aliphatic heterocycles. The molecule has 1 fully saturated rings. The third-order valence-electron chi connectivity index (χ3n) is 3.73. The van der Waals surface area contributed by atoms with Gasteiger partial charge >= 0.3 is 5.69 Å². The van der Waals surface area contributed by atoms with Gasteiger partial charge in [-0.05, 0) is 30.7 Å². The Labute approximate surface area is 113 Å². The number of nitrogens with zero attached hydrogens (tertiary/aromatic N) is 1. The Balaban J connectivity index is 2.05. The third-order valence-corrected chi connectivity index (χ3v) is 3.73. The first kappa shape index (κ1) is 13.6. The first-order valence-electron chi connectivity index (χ1n) is 6.59. The quantitative estimate of drug-likeness (QED) is 0.631. The van der Waals surface area contributed by atoms with E-state index in [1.54, 1.807) is 12.1 Å². The van der Waals surface area contributed by atoms with Crippen LogP contribution in [-0.2, 0) is 0 Å². The molecule has 1 aliphatic carbocycles. The van der Waals surface area contributed by atoms with E-state index < -0.39 is 4.92 Å². The van der Waals surface area contributed by atoms with Crippen molar-refractivity contribution >= 4 is 11.4 Å². The lowest BCUT2D eigenvalue weighted by Gasteiger charge is -2.10. The van der Waals surface area contributed by atoms with Crippen LogP contribution in [0.3, 0.4) is 0 Å². The fraction of sp³-hybridized carbons (Fsp3) is 0.571. The van der Waals surface area contributed by atoms with Gasteiger partial charge in [-0.2, -0.15) is 0 Å². The van der Waals surface area contributed by atoms with Gasteiger partial charge in [0.1, 0.15) is 0 Å². The predicted octanol–water partition coefficient (Wildman–Crippen LogP) is 3.45. The molecule has 1 unspecified atom stereocenters. The van der Waals surface area contributed by atoms with Gasteiger partial charge in [-0.25, -0.2) is 0 Å². The van der Waals surface area contributed by atoms with Crippen LogP contribution in [-0.4, -0.2) is 18.1 Å². The second-order valence-corrected chi connectivity index (χ2v) is 5.64. The predicted molar refractivity (Wildman–Crippen MR) is 74.6 cm³/mol. The molecular weight excluding hydrogens is 244 g/mol. The van der Waals surface area contributed by atoms with E-state index in [2.05, 4.69) is 19.2 Å². The van der Waals surface area contributed by atoms with Crippen LogP contribution in [0, 0.1) is 21.4 Å². The zero-order valence-corrected chi connectivity index (χ0v) is 11.6. The minimum Gasteiger partial charge on any atom is -0.487 e. The second kappa shape index (κ2) is 5.07. The fourth-order valence-corrected chi connectivity index (χ4v) is 2.21. The molecule has 0 amide bonds. The molecule has 0 heterocycles. The smallest absolute Gasteiger partial charge is 0.311 e. The summed E-state index contributed by atoms with van der Waals surface area (Å²) in [5.41, 5.74) is 1.31. The lowest BCUT2D eigenvalue weighted by Crippen LogP contribution is -2.07. The van der Waals surface area contributed by atoms with Gasteiger partial charge in [0.15, 0.2) is 5.75 Å². The Bertz CT molecular complexity index is 486. The molecule has 1 aromatic carbocycles. The molecule has 1 aromatic rings. The molecule has 0 aromatic heterocycles. The van der Waals surface area contributed by atoms with Gasteiger partial charge in [-0.15, -0.1) is 0 Å². The summed E-state index contributed by atoms with van der Waals surface area (Å²) in [5, 5.41) is 14.2. The van der Waals surface area contributed by atoms with E-state index in [1.165, 1.54) is 12.5 Å². The first-order chi connectivity index (χ1) is 8.94. The molecule has 5 heteroatoms. The second-order valence-electron chi connectivity index (χ2n) is 5.64. The summed E-state index contributed by atoms with van der Waals surface area (Å²) in [5.74, 6) is 1.01. The molecule has 1 N–H and O–H groups in total. The van der Waals surface area contributed by atoms with Crippen LogP contribution >= 0.6 is 0 Å². The van der Waals surface area contributed by atoms with Crippen molar-refractivity contribution < 1.29 is 9.66 Å². The van der Waals surface area contributed by atoms with Crippen molar-refractivity contribution in [2.45, 2.75) is 27.2 Å². The van der Waals surface area contributed by atoms with Crippen molar-refractivity contribution in [2.24, 2.45) is 11.3 Å². The van der Waals surface area contributed by atoms with Crippen LogP contribution in [0.5, 0.6) is 5.75 Å². The Morgan fingerprint density at radius 2 is 2.21 bits per heavy atom. The van der Waals surface area contributed by atoms with Gasteiger partial charge in [0, 0.05) is 24.4 Å². The zero-order valence-electron chi connectivity index (χ0n) is 11.6. The molecule has 1 atom stereocenters. The highest BCUT2D eigenvalue weighted by molar-refractivity contribution is 5.58. The van der Waals surface area contributed by atoms with E-state index in [-0.39, 0.29) is 5.69 Å². The van der Waals surface area contributed by atoms with E-state index in [9.17, 15) is 10.1 Å². The minimum absolute atomic E-state index is 0.0131. The van der Waals surface area contributed by atoms with E-state index in [4.69, 9.17) is 4.74 Å². The number of rotatable bonds is 6. The Morgan fingerprint density at radius 3 is 2.74 bits per heavy atom. The van der Waals surface area contributed by atoms with Crippen molar-refractivity contribution in [2.75, 3.05) is 18.5 Å². The van der Waals surface area contributed by atoms with Crippen LogP contribution in [0.15, 0.2) is 18.2 Å². The number of benzene rings is 1. The summed E-state index contributed by atoms with van der Waals surface area (Å²) >= 11 is 0. The van der Waals surface area contributed by atoms with Gasteiger partial charge < -0.3 is 10.1 Å². The van der Waals surface area contributed by atoms with E-state index in [0.29, 0.717) is 23.7 Å². The molecule has 104 valence electrons. The number of nitro benzene ring substituents is 1. The van der Waals surface area contributed by atoms with Crippen LogP contribution in [0.25, 0.3) is 0 Å². The molecule has 0 radical (unpaired) electrons. The van der Waals surface area contributed by atoms with Gasteiger partial charge in [0.2, 0.25) is 0 Å². The van der Waals surface area contributed by atoms with Crippen LogP contribution in [0.2, 0.25) is 0 Å². The van der Waals surface area contributed by atoms with Crippen LogP contribution < -0.4 is 10.1 Å². The Kier molecular flexibility index (Phi) is 3.64. The fourth-order valence-electron chi connectivity index (χ4n) is 2.21. The highest BCUT2D eigenvalue weighted by Gasteiger charge is 2.44. The summed E-state index contributed by atoms with van der Waals surface area (Å²) < 4.78 is 5.32. The van der Waals surface area contributed by atoms with Gasteiger partial charge in [0.05, 0.1) is 11.5 Å². The highest BCUT2D eigenvalue weighted by Crippen LogP contribution is 2.51. The number of nitro groups is 1. The number of ether oxygens (including phenoxy) is 1. The summed E-state index contributed by atoms with van der Waals surface area (Å²) in [7, 11) is 0. The topological polar surface area (TPSA) is 64.4 Å². The lowest BCUT2D eigenvalue weighted by atomic mass is 10.1. The largest absolute Gasteiger partial charge is 0.487 e. The van der Waals surface area contributed by atoms with E-state index in [0.717, 1.165) is 12.2 Å². The molecular formula is C14H20N2O3. The summed E-state index contributed by atoms with van der Waals surface area (Å²) in [6.07, 6.45) is 1.23. The number of hydrogen-bond donors (Lipinski definition) is 1. The van der Waals surface area contributed by atoms with Crippen LogP contribution in [0.4, 0.5) is 11.4 Å². The third kappa shape index (κ3) is 3.16. The normalized spacial score (nSPS) is 19.8. The number of anilines is 1. The molecule has 19 heavy (non-hydrogen) atoms. The van der Waals surface area contributed by atoms with Gasteiger partial charge in [-0.1, -0.05) is 13.8 Å². The van der Waals surface area contributed by atoms with Crippen molar-refractivity contribution in [1.29, 1.82) is 0 Å². The van der Waals surface area contributed by atoms with Crippen molar-refractivity contribution in [3.63, 3.8) is 0 Å². The molecule has 0 spiro atoms. The summed E-state index contributed by atoms with van der Waals surface area (Å²) in [6, 6.07) is 4.93. The molecule has 0 saturated heterocycles. The highest BCUT2D eigenvalue weighted by atomic mass is 16.6. The number of hydrogen-bond acceptors (Lipinski definition) is 4. The average Bonchev–Trinajstić information content (AvgIpc) is 2.95. The SMILES string of the molecule is CCOc1cc(NCC2CC2(C)C)ccc1[N+](=O)[O-]. The average molecular weight is 264 g/mol. The van der Waals surface area contributed by atoms with Crippen molar-refractivity contribution in [3.05, 3.63) is 28.3 Å². The summed E-state index contributed by atoms with van der Waals surface area (Å²) in [4.78, 5) is 10.5. The van der Waals surface area contributed by atoms with Crippen molar-refractivity contribution in [3.8, 4) is 5.75 Å². The van der Waals surface area contributed by atoms with Gasteiger partial charge in [-0.3, -0.25) is 10.1 Å². The maximum Gasteiger partial charge on any atom is 0.311 e. The number of nitrogens with one attached hydrogen (secondary N) is 1. The molecule has 2 rings (SSSR count). The lowest BCUT2D eigenvalue weighted by molar-refractivity contribution is -0.385. The monoisotopic (exact) mass is 264 g/mol. The molecule has 1 saturated carbocycles. The zero-order chi connectivity index (χ0) is 14.0. The molecule has 1 aliphatic rings. The minimum atomic E-state index is -0.418. The Morgan fingerprint density at radius 1 is 1.53 bits per heavy atom. The van der Waals surface area contributed by atoms with E-state index >= 15 is 0 Å². The van der Waals surface area contributed by atoms with Gasteiger partial charge in [0.25, 0.3) is 0 Å². The maximum atomic E-state index is 10.9. The standard InChI is InChI=1S/C14H20N2O3/c1-4-19-13-7-11(5-6-12(13)16(17)18)15-9-10-8-14(10,2)3/h5-7,10,15H,4,8-9H2,1-3H3. The maximum absolute atomic E-state index is 10.9. The molecule has 5 nitrogen and oxygen atoms in total. The van der Waals surface area contributed by atoms with Crippen molar-refractivity contribution in [1.82, 2.24) is 0 Å². The summed E-state index contributed by atoms with van der Waals surface area (Å²) in [6.45, 7) is 7.63. The molecule has 0 bridgehead atoms. The van der Waals surface area contributed by atoms with Crippen LogP contribution in [0.1, 0.15) is 27.2 Å². The Hall–Kier alpha value is -1.78.